The average molecular weight is 306 g/mol. The summed E-state index contributed by atoms with van der Waals surface area (Å²) < 4.78 is 10.7. The number of carbonyl (C=O) groups is 1. The fraction of sp³-hybridized carbons (Fsp3) is 0.312. The summed E-state index contributed by atoms with van der Waals surface area (Å²) in [5.41, 5.74) is 0.760. The van der Waals surface area contributed by atoms with Gasteiger partial charge in [-0.1, -0.05) is 13.2 Å². The third-order valence-electron chi connectivity index (χ3n) is 2.63. The summed E-state index contributed by atoms with van der Waals surface area (Å²) >= 11 is 0. The van der Waals surface area contributed by atoms with E-state index in [2.05, 4.69) is 23.8 Å². The van der Waals surface area contributed by atoms with Crippen LogP contribution in [-0.4, -0.2) is 37.4 Å². The van der Waals surface area contributed by atoms with Crippen molar-refractivity contribution in [2.75, 3.05) is 26.3 Å². The number of urea groups is 1. The molecule has 0 fully saturated rings. The molecule has 0 aromatic heterocycles. The Hall–Kier alpha value is -2.63. The fourth-order valence-electron chi connectivity index (χ4n) is 1.40. The van der Waals surface area contributed by atoms with Crippen LogP contribution in [0, 0.1) is 0 Å². The lowest BCUT2D eigenvalue weighted by atomic mass is 10.3. The van der Waals surface area contributed by atoms with E-state index in [9.17, 15) is 4.79 Å². The van der Waals surface area contributed by atoms with Gasteiger partial charge in [-0.2, -0.15) is 0 Å². The number of carbonyl (C=O) groups excluding carboxylic acids is 1. The molecule has 0 aliphatic heterocycles. The monoisotopic (exact) mass is 306 g/mol. The van der Waals surface area contributed by atoms with Crippen molar-refractivity contribution in [3.63, 3.8) is 0 Å². The molecule has 1 aromatic carbocycles. The Bertz CT molecular complexity index is 511. The number of hydrogen-bond donors (Lipinski definition) is 3. The molecule has 3 N–H and O–H groups in total. The molecule has 0 radical (unpaired) electrons. The van der Waals surface area contributed by atoms with Gasteiger partial charge in [0.25, 0.3) is 0 Å². The van der Waals surface area contributed by atoms with Crippen LogP contribution in [0.1, 0.15) is 6.92 Å². The van der Waals surface area contributed by atoms with Crippen molar-refractivity contribution in [1.29, 1.82) is 0 Å². The zero-order valence-electron chi connectivity index (χ0n) is 12.7. The van der Waals surface area contributed by atoms with Gasteiger partial charge < -0.3 is 25.2 Å². The number of allylic oxidation sites excluding steroid dienone is 1. The van der Waals surface area contributed by atoms with Crippen LogP contribution in [0.5, 0.6) is 11.5 Å². The molecule has 0 bridgehead atoms. The largest absolute Gasteiger partial charge is 0.508 e. The Morgan fingerprint density at radius 2 is 1.73 bits per heavy atom. The third-order valence-corrected chi connectivity index (χ3v) is 2.63. The van der Waals surface area contributed by atoms with E-state index < -0.39 is 0 Å². The summed E-state index contributed by atoms with van der Waals surface area (Å²) in [6.07, 6.45) is 0. The molecule has 22 heavy (non-hydrogen) atoms. The first-order valence-corrected chi connectivity index (χ1v) is 6.90. The molecule has 1 aromatic rings. The maximum Gasteiger partial charge on any atom is 0.315 e. The molecule has 0 heterocycles. The van der Waals surface area contributed by atoms with Crippen LogP contribution in [0.3, 0.4) is 0 Å². The molecule has 6 nitrogen and oxygen atoms in total. The van der Waals surface area contributed by atoms with Gasteiger partial charge in [0.1, 0.15) is 30.5 Å². The number of rotatable bonds is 9. The molecular weight excluding hydrogens is 284 g/mol. The second kappa shape index (κ2) is 9.33. The van der Waals surface area contributed by atoms with E-state index >= 15 is 0 Å². The lowest BCUT2D eigenvalue weighted by Crippen LogP contribution is -2.39. The van der Waals surface area contributed by atoms with Crippen molar-refractivity contribution >= 4 is 6.03 Å². The van der Waals surface area contributed by atoms with Crippen molar-refractivity contribution in [1.82, 2.24) is 10.6 Å². The smallest absolute Gasteiger partial charge is 0.315 e. The van der Waals surface area contributed by atoms with Crippen molar-refractivity contribution in [3.05, 3.63) is 48.8 Å². The van der Waals surface area contributed by atoms with Crippen LogP contribution in [0.2, 0.25) is 0 Å². The van der Waals surface area contributed by atoms with Crippen molar-refractivity contribution in [3.8, 4) is 11.5 Å². The van der Waals surface area contributed by atoms with Gasteiger partial charge in [-0.25, -0.2) is 4.79 Å². The molecule has 0 unspecified atom stereocenters. The Balaban J connectivity index is 2.05. The number of hydrogen-bond acceptors (Lipinski definition) is 4. The highest BCUT2D eigenvalue weighted by molar-refractivity contribution is 5.73. The first-order chi connectivity index (χ1) is 10.5. The van der Waals surface area contributed by atoms with Gasteiger partial charge in [0.05, 0.1) is 13.1 Å². The van der Waals surface area contributed by atoms with Crippen LogP contribution >= 0.6 is 0 Å². The van der Waals surface area contributed by atoms with Gasteiger partial charge in [0.15, 0.2) is 0 Å². The van der Waals surface area contributed by atoms with Crippen molar-refractivity contribution in [2.24, 2.45) is 0 Å². The van der Waals surface area contributed by atoms with E-state index in [-0.39, 0.29) is 11.8 Å². The number of aromatic hydroxyl groups is 1. The summed E-state index contributed by atoms with van der Waals surface area (Å²) in [4.78, 5) is 11.5. The number of amides is 2. The molecule has 6 heteroatoms. The molecular formula is C16H22N2O4. The highest BCUT2D eigenvalue weighted by Gasteiger charge is 2.00. The highest BCUT2D eigenvalue weighted by atomic mass is 16.5. The molecule has 0 aliphatic rings. The van der Waals surface area contributed by atoms with Crippen LogP contribution in [0.25, 0.3) is 0 Å². The molecule has 1 rings (SSSR count). The zero-order valence-corrected chi connectivity index (χ0v) is 12.7. The van der Waals surface area contributed by atoms with Crippen molar-refractivity contribution in [2.45, 2.75) is 6.92 Å². The second-order valence-electron chi connectivity index (χ2n) is 4.58. The molecule has 0 saturated carbocycles. The SMILES string of the molecule is C=C(C)C(=C)OCCNC(=O)NCCOc1ccc(O)cc1. The highest BCUT2D eigenvalue weighted by Crippen LogP contribution is 2.15. The van der Waals surface area contributed by atoms with E-state index in [0.717, 1.165) is 5.57 Å². The Kier molecular flexibility index (Phi) is 7.39. The minimum atomic E-state index is -0.293. The molecule has 2 amide bonds. The van der Waals surface area contributed by atoms with Crippen LogP contribution in [-0.2, 0) is 4.74 Å². The van der Waals surface area contributed by atoms with Gasteiger partial charge in [-0.05, 0) is 36.8 Å². The molecule has 0 saturated heterocycles. The van der Waals surface area contributed by atoms with E-state index in [1.54, 1.807) is 19.1 Å². The maximum atomic E-state index is 11.5. The Morgan fingerprint density at radius 1 is 1.14 bits per heavy atom. The number of benzene rings is 1. The van der Waals surface area contributed by atoms with Crippen LogP contribution < -0.4 is 15.4 Å². The van der Waals surface area contributed by atoms with Gasteiger partial charge in [0, 0.05) is 0 Å². The Morgan fingerprint density at radius 3 is 2.32 bits per heavy atom. The molecule has 0 spiro atoms. The number of phenolic OH excluding ortho intramolecular Hbond substituents is 1. The number of ether oxygens (including phenoxy) is 2. The average Bonchev–Trinajstić information content (AvgIpc) is 2.49. The summed E-state index contributed by atoms with van der Waals surface area (Å²) in [6.45, 7) is 10.6. The Labute approximate surface area is 130 Å². The van der Waals surface area contributed by atoms with Crippen molar-refractivity contribution < 1.29 is 19.4 Å². The second-order valence-corrected chi connectivity index (χ2v) is 4.58. The van der Waals surface area contributed by atoms with E-state index in [1.807, 2.05) is 0 Å². The maximum absolute atomic E-state index is 11.5. The minimum Gasteiger partial charge on any atom is -0.508 e. The topological polar surface area (TPSA) is 79.8 Å². The molecule has 120 valence electrons. The normalized spacial score (nSPS) is 9.68. The summed E-state index contributed by atoms with van der Waals surface area (Å²) in [7, 11) is 0. The van der Waals surface area contributed by atoms with Gasteiger partial charge in [-0.15, -0.1) is 0 Å². The molecule has 0 atom stereocenters. The summed E-state index contributed by atoms with van der Waals surface area (Å²) in [5.74, 6) is 1.33. The van der Waals surface area contributed by atoms with Crippen LogP contribution in [0.4, 0.5) is 4.79 Å². The first-order valence-electron chi connectivity index (χ1n) is 6.90. The zero-order chi connectivity index (χ0) is 16.4. The van der Waals surface area contributed by atoms with E-state index in [1.165, 1.54) is 12.1 Å². The minimum absolute atomic E-state index is 0.182. The van der Waals surface area contributed by atoms with Gasteiger partial charge >= 0.3 is 6.03 Å². The summed E-state index contributed by atoms with van der Waals surface area (Å²) in [5, 5.41) is 14.4. The number of phenols is 1. The molecule has 0 aliphatic carbocycles. The lowest BCUT2D eigenvalue weighted by molar-refractivity contribution is 0.211. The van der Waals surface area contributed by atoms with Gasteiger partial charge in [0.2, 0.25) is 0 Å². The van der Waals surface area contributed by atoms with E-state index in [4.69, 9.17) is 14.6 Å². The lowest BCUT2D eigenvalue weighted by Gasteiger charge is -2.11. The third kappa shape index (κ3) is 7.23. The fourth-order valence-corrected chi connectivity index (χ4v) is 1.40. The standard InChI is InChI=1S/C16H22N2O4/c1-12(2)13(3)21-10-8-17-16(20)18-9-11-22-15-6-4-14(19)5-7-15/h4-7,19H,1,3,8-11H2,2H3,(H2,17,18,20). The number of nitrogens with one attached hydrogen (secondary N) is 2. The predicted octanol–water partition coefficient (Wildman–Crippen LogP) is 2.18. The van der Waals surface area contributed by atoms with Gasteiger partial charge in [-0.3, -0.25) is 0 Å². The predicted molar refractivity (Wildman–Crippen MR) is 84.9 cm³/mol. The van der Waals surface area contributed by atoms with Crippen LogP contribution in [0.15, 0.2) is 48.8 Å². The first kappa shape index (κ1) is 17.4. The summed E-state index contributed by atoms with van der Waals surface area (Å²) in [6, 6.07) is 6.09. The van der Waals surface area contributed by atoms with E-state index in [0.29, 0.717) is 37.8 Å². The quantitative estimate of drug-likeness (QED) is 0.371.